The third-order valence-corrected chi connectivity index (χ3v) is 7.79. The van der Waals surface area contributed by atoms with Gasteiger partial charge in [-0.1, -0.05) is 59.6 Å². The van der Waals surface area contributed by atoms with Crippen molar-refractivity contribution in [1.29, 1.82) is 0 Å². The lowest BCUT2D eigenvalue weighted by molar-refractivity contribution is 0.102. The maximum atomic E-state index is 13.6. The number of nitrogens with one attached hydrogen (secondary N) is 1. The van der Waals surface area contributed by atoms with Gasteiger partial charge in [0.2, 0.25) is 0 Å². The van der Waals surface area contributed by atoms with Crippen molar-refractivity contribution in [2.45, 2.75) is 18.4 Å². The largest absolute Gasteiger partial charge is 0.322 e. The molecule has 0 heterocycles. The third-order valence-electron chi connectivity index (χ3n) is 5.49. The molecule has 1 N–H and O–H groups in total. The van der Waals surface area contributed by atoms with Crippen LogP contribution in [0.15, 0.2) is 95.9 Å². The van der Waals surface area contributed by atoms with Crippen molar-refractivity contribution in [3.63, 3.8) is 0 Å². The monoisotopic (exact) mass is 542 g/mol. The van der Waals surface area contributed by atoms with E-state index in [4.69, 9.17) is 23.2 Å². The minimum absolute atomic E-state index is 0.0217. The zero-order valence-electron chi connectivity index (χ0n) is 19.1. The van der Waals surface area contributed by atoms with E-state index < -0.39 is 21.7 Å². The van der Waals surface area contributed by atoms with Crippen molar-refractivity contribution in [3.8, 4) is 0 Å². The molecule has 4 rings (SSSR count). The summed E-state index contributed by atoms with van der Waals surface area (Å²) in [5.74, 6) is -0.993. The molecule has 0 aromatic heterocycles. The van der Waals surface area contributed by atoms with Crippen molar-refractivity contribution in [3.05, 3.63) is 124 Å². The Kier molecular flexibility index (Phi) is 7.64. The quantitative estimate of drug-likeness (QED) is 0.271. The normalized spacial score (nSPS) is 11.2. The summed E-state index contributed by atoms with van der Waals surface area (Å²) in [6.07, 6.45) is 0. The van der Waals surface area contributed by atoms with Crippen LogP contribution in [0.5, 0.6) is 0 Å². The van der Waals surface area contributed by atoms with E-state index in [1.807, 2.05) is 6.92 Å². The molecule has 5 nitrogen and oxygen atoms in total. The van der Waals surface area contributed by atoms with Crippen LogP contribution in [0.4, 0.5) is 15.8 Å². The Morgan fingerprint density at radius 1 is 0.917 bits per heavy atom. The van der Waals surface area contributed by atoms with Crippen LogP contribution in [0.1, 0.15) is 21.5 Å². The number of nitrogens with zero attached hydrogens (tertiary/aromatic N) is 1. The summed E-state index contributed by atoms with van der Waals surface area (Å²) in [6, 6.07) is 23.7. The van der Waals surface area contributed by atoms with Crippen LogP contribution in [-0.4, -0.2) is 14.3 Å². The molecule has 0 saturated heterocycles. The van der Waals surface area contributed by atoms with Gasteiger partial charge in [-0.15, -0.1) is 0 Å². The first-order valence-corrected chi connectivity index (χ1v) is 13.0. The summed E-state index contributed by atoms with van der Waals surface area (Å²) < 4.78 is 41.9. The first-order valence-electron chi connectivity index (χ1n) is 10.8. The first kappa shape index (κ1) is 25.7. The van der Waals surface area contributed by atoms with Crippen molar-refractivity contribution >= 4 is 50.5 Å². The number of hydrogen-bond acceptors (Lipinski definition) is 3. The van der Waals surface area contributed by atoms with Crippen LogP contribution in [0, 0.1) is 12.7 Å². The molecule has 0 aliphatic heterocycles. The number of amides is 1. The molecule has 0 unspecified atom stereocenters. The molecule has 0 bridgehead atoms. The number of hydrogen-bond donors (Lipinski definition) is 1. The number of sulfonamides is 1. The molecular formula is C27H21Cl2FN2O3S. The standard InChI is InChI=1S/C27H21Cl2FN2O3S/c1-18-7-12-21(28)15-26(18)32(36(34,35)23-5-3-2-4-6-23)17-19-8-10-20(11-9-19)27(33)31-22-13-14-25(30)24(29)16-22/h2-16H,17H2,1H3,(H,31,33). The molecule has 0 atom stereocenters. The van der Waals surface area contributed by atoms with Crippen LogP contribution >= 0.6 is 23.2 Å². The lowest BCUT2D eigenvalue weighted by atomic mass is 10.1. The fourth-order valence-electron chi connectivity index (χ4n) is 3.58. The van der Waals surface area contributed by atoms with E-state index in [0.717, 1.165) is 5.56 Å². The maximum Gasteiger partial charge on any atom is 0.264 e. The predicted octanol–water partition coefficient (Wildman–Crippen LogP) is 7.09. The molecule has 0 saturated carbocycles. The van der Waals surface area contributed by atoms with Crippen molar-refractivity contribution in [1.82, 2.24) is 0 Å². The van der Waals surface area contributed by atoms with E-state index >= 15 is 0 Å². The van der Waals surface area contributed by atoms with E-state index in [1.54, 1.807) is 60.7 Å². The second kappa shape index (κ2) is 10.7. The topological polar surface area (TPSA) is 66.5 Å². The number of carbonyl (C=O) groups is 1. The van der Waals surface area contributed by atoms with E-state index in [1.165, 1.54) is 34.6 Å². The molecule has 0 spiro atoms. The smallest absolute Gasteiger partial charge is 0.264 e. The molecule has 0 aliphatic carbocycles. The zero-order valence-corrected chi connectivity index (χ0v) is 21.4. The number of benzene rings is 4. The number of halogens is 3. The summed E-state index contributed by atoms with van der Waals surface area (Å²) in [5.41, 5.74) is 2.56. The van der Waals surface area contributed by atoms with Crippen LogP contribution in [0.3, 0.4) is 0 Å². The van der Waals surface area contributed by atoms with Gasteiger partial charge in [-0.25, -0.2) is 12.8 Å². The number of anilines is 2. The van der Waals surface area contributed by atoms with Crippen LogP contribution in [0.25, 0.3) is 0 Å². The number of carbonyl (C=O) groups excluding carboxylic acids is 1. The van der Waals surface area contributed by atoms with E-state index in [9.17, 15) is 17.6 Å². The summed E-state index contributed by atoms with van der Waals surface area (Å²) in [5, 5.41) is 2.98. The highest BCUT2D eigenvalue weighted by Crippen LogP contribution is 2.31. The zero-order chi connectivity index (χ0) is 25.9. The highest BCUT2D eigenvalue weighted by Gasteiger charge is 2.26. The Bertz CT molecular complexity index is 1510. The van der Waals surface area contributed by atoms with Gasteiger partial charge in [-0.3, -0.25) is 9.10 Å². The fraction of sp³-hybridized carbons (Fsp3) is 0.0741. The van der Waals surface area contributed by atoms with Gasteiger partial charge in [-0.2, -0.15) is 0 Å². The van der Waals surface area contributed by atoms with Gasteiger partial charge in [0.1, 0.15) is 5.82 Å². The number of rotatable bonds is 7. The second-order valence-corrected chi connectivity index (χ2v) is 10.7. The summed E-state index contributed by atoms with van der Waals surface area (Å²) in [6.45, 7) is 1.84. The molecule has 4 aromatic carbocycles. The molecule has 4 aromatic rings. The van der Waals surface area contributed by atoms with Crippen LogP contribution < -0.4 is 9.62 Å². The van der Waals surface area contributed by atoms with E-state index in [2.05, 4.69) is 5.32 Å². The van der Waals surface area contributed by atoms with Crippen molar-refractivity contribution in [2.24, 2.45) is 0 Å². The fourth-order valence-corrected chi connectivity index (χ4v) is 5.45. The Labute approximate surface area is 219 Å². The summed E-state index contributed by atoms with van der Waals surface area (Å²) >= 11 is 12.0. The Morgan fingerprint density at radius 2 is 1.61 bits per heavy atom. The Hall–Kier alpha value is -3.39. The lowest BCUT2D eigenvalue weighted by Gasteiger charge is -2.26. The molecular weight excluding hydrogens is 522 g/mol. The van der Waals surface area contributed by atoms with Gasteiger partial charge >= 0.3 is 0 Å². The third kappa shape index (κ3) is 5.70. The minimum atomic E-state index is -3.91. The van der Waals surface area contributed by atoms with Crippen LogP contribution in [-0.2, 0) is 16.6 Å². The Morgan fingerprint density at radius 3 is 2.28 bits per heavy atom. The van der Waals surface area contributed by atoms with Gasteiger partial charge in [0.05, 0.1) is 22.2 Å². The SMILES string of the molecule is Cc1ccc(Cl)cc1N(Cc1ccc(C(=O)Nc2ccc(F)c(Cl)c2)cc1)S(=O)(=O)c1ccccc1. The molecule has 1 amide bonds. The average Bonchev–Trinajstić information content (AvgIpc) is 2.87. The summed E-state index contributed by atoms with van der Waals surface area (Å²) in [7, 11) is -3.91. The average molecular weight is 543 g/mol. The molecule has 0 aliphatic rings. The summed E-state index contributed by atoms with van der Waals surface area (Å²) in [4.78, 5) is 12.8. The van der Waals surface area contributed by atoms with E-state index in [-0.39, 0.29) is 16.5 Å². The second-order valence-electron chi connectivity index (χ2n) is 8.04. The first-order chi connectivity index (χ1) is 17.1. The van der Waals surface area contributed by atoms with Gasteiger partial charge in [0.15, 0.2) is 0 Å². The molecule has 36 heavy (non-hydrogen) atoms. The van der Waals surface area contributed by atoms with Crippen LogP contribution in [0.2, 0.25) is 10.0 Å². The molecule has 9 heteroatoms. The Balaban J connectivity index is 1.62. The van der Waals surface area contributed by atoms with Gasteiger partial charge in [0, 0.05) is 16.3 Å². The highest BCUT2D eigenvalue weighted by atomic mass is 35.5. The van der Waals surface area contributed by atoms with Gasteiger partial charge in [-0.05, 0) is 72.6 Å². The maximum absolute atomic E-state index is 13.6. The van der Waals surface area contributed by atoms with Crippen molar-refractivity contribution < 1.29 is 17.6 Å². The number of aryl methyl sites for hydroxylation is 1. The minimum Gasteiger partial charge on any atom is -0.322 e. The highest BCUT2D eigenvalue weighted by molar-refractivity contribution is 7.92. The van der Waals surface area contributed by atoms with Gasteiger partial charge in [0.25, 0.3) is 15.9 Å². The molecule has 0 fully saturated rings. The predicted molar refractivity (Wildman–Crippen MR) is 142 cm³/mol. The van der Waals surface area contributed by atoms with Gasteiger partial charge < -0.3 is 5.32 Å². The van der Waals surface area contributed by atoms with E-state index in [0.29, 0.717) is 27.5 Å². The van der Waals surface area contributed by atoms with Crippen molar-refractivity contribution in [2.75, 3.05) is 9.62 Å². The molecule has 0 radical (unpaired) electrons. The lowest BCUT2D eigenvalue weighted by Crippen LogP contribution is -2.31. The molecule has 184 valence electrons.